The molecule has 1 aliphatic heterocycles. The Bertz CT molecular complexity index is 632. The average Bonchev–Trinajstić information content (AvgIpc) is 2.99. The Labute approximate surface area is 127 Å². The number of para-hydroxylation sites is 1. The van der Waals surface area contributed by atoms with Crippen molar-refractivity contribution in [2.24, 2.45) is 0 Å². The van der Waals surface area contributed by atoms with Gasteiger partial charge in [-0.25, -0.2) is 0 Å². The van der Waals surface area contributed by atoms with Crippen molar-refractivity contribution in [1.29, 1.82) is 0 Å². The first-order valence-electron chi connectivity index (χ1n) is 6.66. The highest BCUT2D eigenvalue weighted by molar-refractivity contribution is 7.99. The van der Waals surface area contributed by atoms with E-state index in [2.05, 4.69) is 5.32 Å². The van der Waals surface area contributed by atoms with Crippen molar-refractivity contribution in [3.63, 3.8) is 0 Å². The van der Waals surface area contributed by atoms with Gasteiger partial charge in [-0.2, -0.15) is 0 Å². The summed E-state index contributed by atoms with van der Waals surface area (Å²) >= 11 is 1.60. The van der Waals surface area contributed by atoms with Crippen molar-refractivity contribution in [3.8, 4) is 11.5 Å². The van der Waals surface area contributed by atoms with E-state index in [1.807, 2.05) is 54.6 Å². The van der Waals surface area contributed by atoms with Gasteiger partial charge >= 0.3 is 5.97 Å². The monoisotopic (exact) mass is 301 g/mol. The van der Waals surface area contributed by atoms with Gasteiger partial charge in [0, 0.05) is 5.75 Å². The highest BCUT2D eigenvalue weighted by Crippen LogP contribution is 2.34. The molecule has 4 nitrogen and oxygen atoms in total. The quantitative estimate of drug-likeness (QED) is 0.907. The number of rotatable bonds is 4. The van der Waals surface area contributed by atoms with Crippen molar-refractivity contribution >= 4 is 17.7 Å². The number of carbonyl (C=O) groups is 1. The SMILES string of the molecule is O=C(O)[C@H]1CS[C@@H](c2cccc(Oc3ccccc3)c2)N1. The fourth-order valence-corrected chi connectivity index (χ4v) is 3.40. The number of carboxylic acid groups (broad SMARTS) is 1. The van der Waals surface area contributed by atoms with Crippen LogP contribution in [-0.2, 0) is 4.79 Å². The first-order valence-corrected chi connectivity index (χ1v) is 7.70. The summed E-state index contributed by atoms with van der Waals surface area (Å²) in [6, 6.07) is 16.8. The fraction of sp³-hybridized carbons (Fsp3) is 0.188. The van der Waals surface area contributed by atoms with Gasteiger partial charge in [-0.15, -0.1) is 11.8 Å². The van der Waals surface area contributed by atoms with Gasteiger partial charge in [-0.1, -0.05) is 30.3 Å². The second-order valence-electron chi connectivity index (χ2n) is 4.76. The maximum absolute atomic E-state index is 11.0. The Hall–Kier alpha value is -1.98. The Balaban J connectivity index is 1.73. The average molecular weight is 301 g/mol. The molecule has 0 spiro atoms. The Morgan fingerprint density at radius 3 is 2.62 bits per heavy atom. The van der Waals surface area contributed by atoms with Crippen LogP contribution in [0.25, 0.3) is 0 Å². The van der Waals surface area contributed by atoms with Crippen LogP contribution >= 0.6 is 11.8 Å². The first-order chi connectivity index (χ1) is 10.2. The van der Waals surface area contributed by atoms with Crippen LogP contribution in [0, 0.1) is 0 Å². The summed E-state index contributed by atoms with van der Waals surface area (Å²) in [4.78, 5) is 11.0. The molecule has 2 atom stereocenters. The molecule has 1 heterocycles. The summed E-state index contributed by atoms with van der Waals surface area (Å²) in [6.07, 6.45) is 0. The molecule has 5 heteroatoms. The lowest BCUT2D eigenvalue weighted by Gasteiger charge is -2.13. The summed E-state index contributed by atoms with van der Waals surface area (Å²) in [5.74, 6) is 1.30. The van der Waals surface area contributed by atoms with Crippen LogP contribution in [0.2, 0.25) is 0 Å². The molecule has 2 aromatic rings. The number of benzene rings is 2. The minimum atomic E-state index is -0.804. The second kappa shape index (κ2) is 6.20. The van der Waals surface area contributed by atoms with Gasteiger partial charge in [0.1, 0.15) is 17.5 Å². The number of ether oxygens (including phenoxy) is 1. The largest absolute Gasteiger partial charge is 0.480 e. The van der Waals surface area contributed by atoms with Crippen molar-refractivity contribution in [3.05, 3.63) is 60.2 Å². The molecule has 1 saturated heterocycles. The Morgan fingerprint density at radius 2 is 1.90 bits per heavy atom. The van der Waals surface area contributed by atoms with Crippen LogP contribution in [0.15, 0.2) is 54.6 Å². The highest BCUT2D eigenvalue weighted by Gasteiger charge is 2.30. The summed E-state index contributed by atoms with van der Waals surface area (Å²) in [7, 11) is 0. The summed E-state index contributed by atoms with van der Waals surface area (Å²) in [5, 5.41) is 12.1. The molecule has 21 heavy (non-hydrogen) atoms. The zero-order valence-corrected chi connectivity index (χ0v) is 12.0. The molecule has 0 radical (unpaired) electrons. The zero-order valence-electron chi connectivity index (χ0n) is 11.2. The summed E-state index contributed by atoms with van der Waals surface area (Å²) in [5.41, 5.74) is 1.03. The molecule has 0 unspecified atom stereocenters. The molecule has 0 bridgehead atoms. The number of hydrogen-bond donors (Lipinski definition) is 2. The number of nitrogens with one attached hydrogen (secondary N) is 1. The van der Waals surface area contributed by atoms with Crippen molar-refractivity contribution in [2.75, 3.05) is 5.75 Å². The maximum atomic E-state index is 11.0. The van der Waals surface area contributed by atoms with E-state index >= 15 is 0 Å². The number of thioether (sulfide) groups is 1. The third-order valence-electron chi connectivity index (χ3n) is 3.22. The lowest BCUT2D eigenvalue weighted by Crippen LogP contribution is -2.33. The third kappa shape index (κ3) is 3.37. The van der Waals surface area contributed by atoms with Crippen LogP contribution < -0.4 is 10.1 Å². The van der Waals surface area contributed by atoms with Gasteiger partial charge in [0.15, 0.2) is 0 Å². The molecule has 0 saturated carbocycles. The smallest absolute Gasteiger partial charge is 0.321 e. The fourth-order valence-electron chi connectivity index (χ4n) is 2.17. The number of carboxylic acids is 1. The number of hydrogen-bond acceptors (Lipinski definition) is 4. The van der Waals surface area contributed by atoms with Gasteiger partial charge in [-0.3, -0.25) is 10.1 Å². The lowest BCUT2D eigenvalue weighted by atomic mass is 10.2. The molecule has 2 N–H and O–H groups in total. The van der Waals surface area contributed by atoms with Gasteiger partial charge in [0.25, 0.3) is 0 Å². The Kier molecular flexibility index (Phi) is 4.13. The molecular weight excluding hydrogens is 286 g/mol. The standard InChI is InChI=1S/C16H15NO3S/c18-16(19)14-10-21-15(17-14)11-5-4-8-13(9-11)20-12-6-2-1-3-7-12/h1-9,14-15,17H,10H2,(H,18,19)/t14-,15+/m1/s1. The lowest BCUT2D eigenvalue weighted by molar-refractivity contribution is -0.138. The third-order valence-corrected chi connectivity index (χ3v) is 4.49. The van der Waals surface area contributed by atoms with Crippen LogP contribution in [0.5, 0.6) is 11.5 Å². The molecule has 1 fully saturated rings. The van der Waals surface area contributed by atoms with E-state index in [9.17, 15) is 4.79 Å². The van der Waals surface area contributed by atoms with Gasteiger partial charge < -0.3 is 9.84 Å². The zero-order chi connectivity index (χ0) is 14.7. The van der Waals surface area contributed by atoms with E-state index in [1.165, 1.54) is 0 Å². The molecule has 3 rings (SSSR count). The first kappa shape index (κ1) is 14.0. The van der Waals surface area contributed by atoms with E-state index in [0.717, 1.165) is 17.1 Å². The molecule has 1 aliphatic rings. The molecular formula is C16H15NO3S. The van der Waals surface area contributed by atoms with Gasteiger partial charge in [-0.05, 0) is 29.8 Å². The Morgan fingerprint density at radius 1 is 1.14 bits per heavy atom. The maximum Gasteiger partial charge on any atom is 0.321 e. The van der Waals surface area contributed by atoms with Gasteiger partial charge in [0.2, 0.25) is 0 Å². The summed E-state index contributed by atoms with van der Waals surface area (Å²) < 4.78 is 5.80. The number of aliphatic carboxylic acids is 1. The van der Waals surface area contributed by atoms with E-state index in [4.69, 9.17) is 9.84 Å². The van der Waals surface area contributed by atoms with E-state index in [-0.39, 0.29) is 5.37 Å². The van der Waals surface area contributed by atoms with Crippen molar-refractivity contribution in [2.45, 2.75) is 11.4 Å². The molecule has 0 aromatic heterocycles. The van der Waals surface area contributed by atoms with Crippen LogP contribution in [0.3, 0.4) is 0 Å². The van der Waals surface area contributed by atoms with E-state index in [1.54, 1.807) is 11.8 Å². The minimum Gasteiger partial charge on any atom is -0.480 e. The van der Waals surface area contributed by atoms with E-state index in [0.29, 0.717) is 5.75 Å². The van der Waals surface area contributed by atoms with Crippen LogP contribution in [0.1, 0.15) is 10.9 Å². The molecule has 0 amide bonds. The van der Waals surface area contributed by atoms with Gasteiger partial charge in [0.05, 0.1) is 5.37 Å². The van der Waals surface area contributed by atoms with E-state index < -0.39 is 12.0 Å². The van der Waals surface area contributed by atoms with Crippen molar-refractivity contribution < 1.29 is 14.6 Å². The summed E-state index contributed by atoms with van der Waals surface area (Å²) in [6.45, 7) is 0. The second-order valence-corrected chi connectivity index (χ2v) is 5.90. The molecule has 0 aliphatic carbocycles. The molecule has 108 valence electrons. The molecule has 2 aromatic carbocycles. The predicted octanol–water partition coefficient (Wildman–Crippen LogP) is 3.27. The minimum absolute atomic E-state index is 0.00887. The predicted molar refractivity (Wildman–Crippen MR) is 82.7 cm³/mol. The van der Waals surface area contributed by atoms with Crippen molar-refractivity contribution in [1.82, 2.24) is 5.32 Å². The topological polar surface area (TPSA) is 58.6 Å². The highest BCUT2D eigenvalue weighted by atomic mass is 32.2. The normalized spacial score (nSPS) is 21.1. The van der Waals surface area contributed by atoms with Crippen LogP contribution in [-0.4, -0.2) is 22.9 Å². The van der Waals surface area contributed by atoms with Crippen LogP contribution in [0.4, 0.5) is 0 Å².